The van der Waals surface area contributed by atoms with E-state index in [1.54, 1.807) is 19.1 Å². The maximum absolute atomic E-state index is 12.6. The van der Waals surface area contributed by atoms with E-state index in [2.05, 4.69) is 20.6 Å². The Labute approximate surface area is 181 Å². The van der Waals surface area contributed by atoms with Crippen LogP contribution in [0.25, 0.3) is 5.69 Å². The van der Waals surface area contributed by atoms with E-state index < -0.39 is 24.0 Å². The SMILES string of the molecule is CCOC(=O)c1nn(-c2ccc(C)cc2)c(=O)cc1OCC(=O)Nc1nnc(CC)s1. The molecule has 10 nitrogen and oxygen atoms in total. The normalized spacial score (nSPS) is 10.5. The molecule has 11 heteroatoms. The second kappa shape index (κ2) is 9.94. The van der Waals surface area contributed by atoms with Crippen molar-refractivity contribution in [3.8, 4) is 11.4 Å². The third-order valence-electron chi connectivity index (χ3n) is 4.02. The first-order valence-corrected chi connectivity index (χ1v) is 10.4. The quantitative estimate of drug-likeness (QED) is 0.525. The first kappa shape index (κ1) is 22.1. The molecule has 0 radical (unpaired) electrons. The molecule has 0 aliphatic rings. The lowest BCUT2D eigenvalue weighted by atomic mass is 10.2. The number of anilines is 1. The van der Waals surface area contributed by atoms with E-state index >= 15 is 0 Å². The fourth-order valence-corrected chi connectivity index (χ4v) is 3.20. The number of hydrogen-bond acceptors (Lipinski definition) is 9. The van der Waals surface area contributed by atoms with E-state index in [0.717, 1.165) is 21.3 Å². The number of benzene rings is 1. The van der Waals surface area contributed by atoms with Crippen molar-refractivity contribution in [2.45, 2.75) is 27.2 Å². The number of carbonyl (C=O) groups is 2. The van der Waals surface area contributed by atoms with E-state index in [4.69, 9.17) is 9.47 Å². The van der Waals surface area contributed by atoms with Gasteiger partial charge in [0.05, 0.1) is 18.4 Å². The summed E-state index contributed by atoms with van der Waals surface area (Å²) in [4.78, 5) is 37.1. The molecule has 1 aromatic carbocycles. The molecule has 1 amide bonds. The summed E-state index contributed by atoms with van der Waals surface area (Å²) in [6, 6.07) is 8.16. The summed E-state index contributed by atoms with van der Waals surface area (Å²) >= 11 is 1.25. The van der Waals surface area contributed by atoms with Crippen molar-refractivity contribution >= 4 is 28.3 Å². The molecule has 162 valence electrons. The van der Waals surface area contributed by atoms with Gasteiger partial charge in [0.25, 0.3) is 11.5 Å². The Balaban J connectivity index is 1.83. The summed E-state index contributed by atoms with van der Waals surface area (Å²) in [7, 11) is 0. The van der Waals surface area contributed by atoms with Crippen LogP contribution in [-0.4, -0.2) is 45.1 Å². The Hall–Kier alpha value is -3.60. The monoisotopic (exact) mass is 443 g/mol. The minimum atomic E-state index is -0.768. The van der Waals surface area contributed by atoms with Gasteiger partial charge in [-0.25, -0.2) is 4.79 Å². The molecular weight excluding hydrogens is 422 g/mol. The average Bonchev–Trinajstić information content (AvgIpc) is 3.20. The van der Waals surface area contributed by atoms with Gasteiger partial charge in [-0.3, -0.25) is 14.9 Å². The smallest absolute Gasteiger partial charge is 0.362 e. The molecule has 0 spiro atoms. The number of aryl methyl sites for hydroxylation is 2. The molecule has 0 unspecified atom stereocenters. The standard InChI is InChI=1S/C20H21N5O5S/c1-4-16-22-23-20(31-16)21-15(26)11-30-14-10-17(27)25(13-8-6-12(3)7-9-13)24-18(14)19(28)29-5-2/h6-10H,4-5,11H2,1-3H3,(H,21,23,26). The maximum atomic E-state index is 12.6. The van der Waals surface area contributed by atoms with Crippen molar-refractivity contribution in [3.63, 3.8) is 0 Å². The fourth-order valence-electron chi connectivity index (χ4n) is 2.51. The van der Waals surface area contributed by atoms with E-state index in [1.165, 1.54) is 11.3 Å². The lowest BCUT2D eigenvalue weighted by Gasteiger charge is -2.12. The highest BCUT2D eigenvalue weighted by molar-refractivity contribution is 7.15. The van der Waals surface area contributed by atoms with Gasteiger partial charge in [-0.2, -0.15) is 9.78 Å². The van der Waals surface area contributed by atoms with Crippen molar-refractivity contribution < 1.29 is 19.1 Å². The van der Waals surface area contributed by atoms with Gasteiger partial charge in [-0.05, 0) is 32.4 Å². The van der Waals surface area contributed by atoms with Crippen LogP contribution in [0.3, 0.4) is 0 Å². The largest absolute Gasteiger partial charge is 0.481 e. The van der Waals surface area contributed by atoms with Gasteiger partial charge in [-0.1, -0.05) is 36.0 Å². The number of amides is 1. The van der Waals surface area contributed by atoms with Gasteiger partial charge in [0, 0.05) is 0 Å². The van der Waals surface area contributed by atoms with Gasteiger partial charge in [0.2, 0.25) is 10.8 Å². The highest BCUT2D eigenvalue weighted by atomic mass is 32.1. The topological polar surface area (TPSA) is 125 Å². The summed E-state index contributed by atoms with van der Waals surface area (Å²) in [5.74, 6) is -1.43. The molecule has 0 bridgehead atoms. The van der Waals surface area contributed by atoms with Crippen molar-refractivity contribution in [3.05, 3.63) is 57.0 Å². The second-order valence-electron chi connectivity index (χ2n) is 6.35. The molecule has 0 saturated heterocycles. The molecule has 2 aromatic heterocycles. The molecular formula is C20H21N5O5S. The van der Waals surface area contributed by atoms with Gasteiger partial charge >= 0.3 is 5.97 Å². The van der Waals surface area contributed by atoms with E-state index in [-0.39, 0.29) is 18.1 Å². The minimum absolute atomic E-state index is 0.112. The first-order valence-electron chi connectivity index (χ1n) is 9.54. The predicted molar refractivity (Wildman–Crippen MR) is 114 cm³/mol. The Morgan fingerprint density at radius 1 is 1.16 bits per heavy atom. The number of ether oxygens (including phenoxy) is 2. The number of nitrogens with one attached hydrogen (secondary N) is 1. The maximum Gasteiger partial charge on any atom is 0.362 e. The Bertz CT molecular complexity index is 1140. The summed E-state index contributed by atoms with van der Waals surface area (Å²) in [5.41, 5.74) is 0.756. The minimum Gasteiger partial charge on any atom is -0.481 e. The number of nitrogens with zero attached hydrogens (tertiary/aromatic N) is 4. The van der Waals surface area contributed by atoms with Crippen LogP contribution in [0.5, 0.6) is 5.75 Å². The van der Waals surface area contributed by atoms with Crippen molar-refractivity contribution in [1.82, 2.24) is 20.0 Å². The highest BCUT2D eigenvalue weighted by Crippen LogP contribution is 2.18. The molecule has 0 fully saturated rings. The number of esters is 1. The van der Waals surface area contributed by atoms with Crippen LogP contribution in [-0.2, 0) is 16.0 Å². The van der Waals surface area contributed by atoms with Crippen LogP contribution in [0, 0.1) is 6.92 Å². The summed E-state index contributed by atoms with van der Waals surface area (Å²) < 4.78 is 11.5. The van der Waals surface area contributed by atoms with Gasteiger partial charge in [0.1, 0.15) is 5.01 Å². The van der Waals surface area contributed by atoms with Crippen LogP contribution in [0.1, 0.15) is 34.9 Å². The van der Waals surface area contributed by atoms with Crippen LogP contribution in [0.15, 0.2) is 35.1 Å². The van der Waals surface area contributed by atoms with Crippen LogP contribution >= 0.6 is 11.3 Å². The van der Waals surface area contributed by atoms with Crippen molar-refractivity contribution in [1.29, 1.82) is 0 Å². The highest BCUT2D eigenvalue weighted by Gasteiger charge is 2.21. The zero-order chi connectivity index (χ0) is 22.4. The van der Waals surface area contributed by atoms with Gasteiger partial charge in [-0.15, -0.1) is 10.2 Å². The molecule has 1 N–H and O–H groups in total. The number of hydrogen-bond donors (Lipinski definition) is 1. The fraction of sp³-hybridized carbons (Fsp3) is 0.300. The van der Waals surface area contributed by atoms with Gasteiger partial charge < -0.3 is 9.47 Å². The zero-order valence-corrected chi connectivity index (χ0v) is 18.1. The van der Waals surface area contributed by atoms with Crippen LogP contribution < -0.4 is 15.6 Å². The Morgan fingerprint density at radius 2 is 1.90 bits per heavy atom. The average molecular weight is 443 g/mol. The summed E-state index contributed by atoms with van der Waals surface area (Å²) in [5, 5.41) is 15.6. The Kier molecular flexibility index (Phi) is 7.08. The molecule has 3 aromatic rings. The van der Waals surface area contributed by atoms with Crippen LogP contribution in [0.4, 0.5) is 5.13 Å². The summed E-state index contributed by atoms with van der Waals surface area (Å²) in [6.07, 6.45) is 0.704. The van der Waals surface area contributed by atoms with Crippen LogP contribution in [0.2, 0.25) is 0 Å². The molecule has 0 aliphatic carbocycles. The number of carbonyl (C=O) groups excluding carboxylic acids is 2. The zero-order valence-electron chi connectivity index (χ0n) is 17.2. The van der Waals surface area contributed by atoms with E-state index in [9.17, 15) is 14.4 Å². The second-order valence-corrected chi connectivity index (χ2v) is 7.42. The molecule has 2 heterocycles. The lowest BCUT2D eigenvalue weighted by molar-refractivity contribution is -0.118. The molecule has 0 aliphatic heterocycles. The van der Waals surface area contributed by atoms with Gasteiger partial charge in [0.15, 0.2) is 12.4 Å². The first-order chi connectivity index (χ1) is 14.9. The molecule has 0 saturated carbocycles. The number of rotatable bonds is 8. The molecule has 31 heavy (non-hydrogen) atoms. The molecule has 3 rings (SSSR count). The summed E-state index contributed by atoms with van der Waals surface area (Å²) in [6.45, 7) is 5.15. The predicted octanol–water partition coefficient (Wildman–Crippen LogP) is 2.15. The lowest BCUT2D eigenvalue weighted by Crippen LogP contribution is -2.27. The molecule has 0 atom stereocenters. The van der Waals surface area contributed by atoms with Crippen molar-refractivity contribution in [2.24, 2.45) is 0 Å². The third kappa shape index (κ3) is 5.51. The van der Waals surface area contributed by atoms with Crippen molar-refractivity contribution in [2.75, 3.05) is 18.5 Å². The number of aromatic nitrogens is 4. The Morgan fingerprint density at radius 3 is 2.55 bits per heavy atom. The third-order valence-corrected chi connectivity index (χ3v) is 5.00. The van der Waals surface area contributed by atoms with E-state index in [0.29, 0.717) is 17.2 Å². The van der Waals surface area contributed by atoms with E-state index in [1.807, 2.05) is 26.0 Å².